The minimum atomic E-state index is -1.42. The van der Waals surface area contributed by atoms with Crippen LogP contribution < -0.4 is 31.8 Å². The first-order valence-electron chi connectivity index (χ1n) is 17.0. The Morgan fingerprint density at radius 1 is 0.373 bits per heavy atom. The van der Waals surface area contributed by atoms with Gasteiger partial charge >= 0.3 is 19.5 Å². The summed E-state index contributed by atoms with van der Waals surface area (Å²) in [6.07, 6.45) is 0. The quantitative estimate of drug-likeness (QED) is 0.0917. The Balaban J connectivity index is 0.00000168. The van der Waals surface area contributed by atoms with E-state index in [1.807, 2.05) is 0 Å². The third kappa shape index (κ3) is 6.86. The summed E-state index contributed by atoms with van der Waals surface area (Å²) in [5.41, 5.74) is 13.9. The molecule has 0 spiro atoms. The molecule has 2 aliphatic heterocycles. The second kappa shape index (κ2) is 16.6. The average molecular weight is 798 g/mol. The zero-order valence-electron chi connectivity index (χ0n) is 30.5. The van der Waals surface area contributed by atoms with Crippen molar-refractivity contribution in [2.75, 3.05) is 0 Å². The van der Waals surface area contributed by atoms with Crippen molar-refractivity contribution in [3.05, 3.63) is 181 Å². The third-order valence-electron chi connectivity index (χ3n) is 10.5. The molecule has 2 aliphatic rings. The standard InChI is InChI=1S/C44H40O2P2.2CH3.Rh/c1-29-37-25-45-27-39(37)31(3)43(47(33-17-9-5-10-18-33)34-19-11-6-12-20-34)41(29)42-30(2)38-26-46-28-40(38)32(4)44(42)48(35-21-13-7-14-22-35)36-23-15-8-16-24-36;;;/h5-24H,25-28H2,1-4H3;2*1H3;/q;2*-1;+3/p+2. The van der Waals surface area contributed by atoms with Gasteiger partial charge in [0, 0.05) is 11.1 Å². The van der Waals surface area contributed by atoms with E-state index < -0.39 is 15.8 Å². The fraction of sp³-hybridized carbons (Fsp3) is 0.174. The normalized spacial score (nSPS) is 12.9. The maximum Gasteiger partial charge on any atom is 3.00 e. The van der Waals surface area contributed by atoms with E-state index in [0.717, 1.165) is 0 Å². The second-order valence-corrected chi connectivity index (χ2v) is 17.9. The Morgan fingerprint density at radius 2 is 0.608 bits per heavy atom. The topological polar surface area (TPSA) is 18.5 Å². The number of rotatable bonds is 7. The van der Waals surface area contributed by atoms with Gasteiger partial charge in [0.25, 0.3) is 0 Å². The van der Waals surface area contributed by atoms with Crippen LogP contribution in [0, 0.1) is 42.5 Å². The molecule has 6 aromatic carbocycles. The molecule has 260 valence electrons. The molecule has 0 amide bonds. The first-order valence-corrected chi connectivity index (χ1v) is 20.0. The molecule has 0 N–H and O–H groups in total. The molecule has 0 atom stereocenters. The summed E-state index contributed by atoms with van der Waals surface area (Å²) in [5.74, 6) is 0. The number of hydrogen-bond acceptors (Lipinski definition) is 2. The monoisotopic (exact) mass is 797 g/mol. The van der Waals surface area contributed by atoms with Gasteiger partial charge in [0.1, 0.15) is 31.8 Å². The van der Waals surface area contributed by atoms with Crippen LogP contribution in [0.4, 0.5) is 0 Å². The Hall–Kier alpha value is -3.28. The summed E-state index contributed by atoms with van der Waals surface area (Å²) in [6.45, 7) is 12.2. The first-order chi connectivity index (χ1) is 23.5. The van der Waals surface area contributed by atoms with E-state index in [9.17, 15) is 0 Å². The predicted molar refractivity (Wildman–Crippen MR) is 221 cm³/mol. The summed E-state index contributed by atoms with van der Waals surface area (Å²) >= 11 is 0. The molecule has 51 heavy (non-hydrogen) atoms. The zero-order chi connectivity index (χ0) is 32.8. The van der Waals surface area contributed by atoms with Crippen LogP contribution in [0.15, 0.2) is 121 Å². The van der Waals surface area contributed by atoms with Crippen LogP contribution in [0.1, 0.15) is 44.5 Å². The maximum atomic E-state index is 6.26. The molecular weight excluding hydrogens is 749 g/mol. The van der Waals surface area contributed by atoms with E-state index in [0.29, 0.717) is 26.4 Å². The summed E-state index contributed by atoms with van der Waals surface area (Å²) in [4.78, 5) is 0. The van der Waals surface area contributed by atoms with Crippen LogP contribution in [0.25, 0.3) is 11.1 Å². The van der Waals surface area contributed by atoms with Crippen LogP contribution >= 0.6 is 15.8 Å². The van der Waals surface area contributed by atoms with Crippen LogP contribution in [0.2, 0.25) is 0 Å². The smallest absolute Gasteiger partial charge is 0.372 e. The molecule has 8 rings (SSSR count). The number of fused-ring (bicyclic) bond motifs is 2. The van der Waals surface area contributed by atoms with E-state index in [2.05, 4.69) is 149 Å². The molecule has 0 aromatic heterocycles. The SMILES string of the molecule is Cc1c2c(c(C)c([PH+](c3ccccc3)c3ccccc3)c1-c1c(C)c3c(c(C)c1[PH+](c1ccccc1)c1ccccc1)COC3)COC2.[CH3-].[CH3-].[Rh+3]. The molecule has 2 nitrogen and oxygen atoms in total. The Labute approximate surface area is 320 Å². The minimum Gasteiger partial charge on any atom is -0.372 e. The average Bonchev–Trinajstić information content (AvgIpc) is 3.84. The Bertz CT molecular complexity index is 1880. The van der Waals surface area contributed by atoms with Gasteiger partial charge in [-0.3, -0.25) is 0 Å². The molecule has 6 aromatic rings. The number of hydrogen-bond donors (Lipinski definition) is 0. The van der Waals surface area contributed by atoms with E-state index in [1.165, 1.54) is 87.5 Å². The first kappa shape index (κ1) is 38.9. The fourth-order valence-electron chi connectivity index (χ4n) is 8.13. The van der Waals surface area contributed by atoms with Crippen molar-refractivity contribution in [1.29, 1.82) is 0 Å². The Morgan fingerprint density at radius 3 is 0.863 bits per heavy atom. The molecule has 0 aliphatic carbocycles. The van der Waals surface area contributed by atoms with Crippen molar-refractivity contribution in [2.45, 2.75) is 54.1 Å². The molecule has 0 radical (unpaired) electrons. The van der Waals surface area contributed by atoms with Crippen molar-refractivity contribution >= 4 is 47.7 Å². The molecule has 0 bridgehead atoms. The molecule has 0 saturated carbocycles. The van der Waals surface area contributed by atoms with Crippen molar-refractivity contribution in [3.8, 4) is 11.1 Å². The van der Waals surface area contributed by atoms with Gasteiger partial charge < -0.3 is 24.3 Å². The summed E-state index contributed by atoms with van der Waals surface area (Å²) < 4.78 is 12.5. The number of benzene rings is 6. The zero-order valence-corrected chi connectivity index (χ0v) is 34.2. The Kier molecular flexibility index (Phi) is 12.7. The maximum absolute atomic E-state index is 6.26. The third-order valence-corrected chi connectivity index (χ3v) is 16.4. The van der Waals surface area contributed by atoms with Crippen molar-refractivity contribution in [2.24, 2.45) is 0 Å². The van der Waals surface area contributed by atoms with Crippen LogP contribution in [0.5, 0.6) is 0 Å². The molecule has 0 fully saturated rings. The van der Waals surface area contributed by atoms with Gasteiger partial charge in [0.15, 0.2) is 0 Å². The summed E-state index contributed by atoms with van der Waals surface area (Å²) in [7, 11) is -2.83. The molecule has 5 heteroatoms. The van der Waals surface area contributed by atoms with Crippen LogP contribution in [-0.2, 0) is 55.4 Å². The van der Waals surface area contributed by atoms with Crippen molar-refractivity contribution < 1.29 is 29.0 Å². The van der Waals surface area contributed by atoms with E-state index >= 15 is 0 Å². The molecule has 0 saturated heterocycles. The van der Waals surface area contributed by atoms with Gasteiger partial charge in [0.05, 0.1) is 42.3 Å². The van der Waals surface area contributed by atoms with Gasteiger partial charge in [-0.05, 0) is 121 Å². The van der Waals surface area contributed by atoms with Gasteiger partial charge in [-0.15, -0.1) is 0 Å². The molecule has 0 unspecified atom stereocenters. The molecular formula is C46H48O2P2Rh+3. The van der Waals surface area contributed by atoms with Gasteiger partial charge in [-0.2, -0.15) is 0 Å². The largest absolute Gasteiger partial charge is 3.00 e. The number of ether oxygens (including phenoxy) is 2. The van der Waals surface area contributed by atoms with Crippen molar-refractivity contribution in [1.82, 2.24) is 0 Å². The van der Waals surface area contributed by atoms with Gasteiger partial charge in [-0.1, -0.05) is 72.8 Å². The summed E-state index contributed by atoms with van der Waals surface area (Å²) in [5, 5.41) is 8.65. The van der Waals surface area contributed by atoms with Crippen LogP contribution in [-0.4, -0.2) is 0 Å². The van der Waals surface area contributed by atoms with Crippen molar-refractivity contribution in [3.63, 3.8) is 0 Å². The predicted octanol–water partition coefficient (Wildman–Crippen LogP) is 8.53. The van der Waals surface area contributed by atoms with E-state index in [4.69, 9.17) is 9.47 Å². The van der Waals surface area contributed by atoms with E-state index in [-0.39, 0.29) is 34.3 Å². The second-order valence-electron chi connectivity index (χ2n) is 13.1. The van der Waals surface area contributed by atoms with Gasteiger partial charge in [0.2, 0.25) is 0 Å². The summed E-state index contributed by atoms with van der Waals surface area (Å²) in [6, 6.07) is 45.0. The minimum absolute atomic E-state index is 0. The van der Waals surface area contributed by atoms with E-state index in [1.54, 1.807) is 0 Å². The molecule has 2 heterocycles. The fourth-order valence-corrected chi connectivity index (χ4v) is 14.2. The van der Waals surface area contributed by atoms with Crippen LogP contribution in [0.3, 0.4) is 0 Å². The van der Waals surface area contributed by atoms with Gasteiger partial charge in [-0.25, -0.2) is 0 Å².